The molecule has 8 heteroatoms. The molecule has 8 nitrogen and oxygen atoms in total. The summed E-state index contributed by atoms with van der Waals surface area (Å²) in [4.78, 5) is 32.6. The van der Waals surface area contributed by atoms with E-state index >= 15 is 0 Å². The fourth-order valence-electron chi connectivity index (χ4n) is 1.68. The number of rotatable bonds is 9. The predicted molar refractivity (Wildman–Crippen MR) is 91.1 cm³/mol. The third-order valence-corrected chi connectivity index (χ3v) is 2.84. The molecule has 24 heavy (non-hydrogen) atoms. The highest BCUT2D eigenvalue weighted by molar-refractivity contribution is 5.84. The van der Waals surface area contributed by atoms with Crippen molar-refractivity contribution in [1.82, 2.24) is 16.3 Å². The van der Waals surface area contributed by atoms with E-state index < -0.39 is 12.2 Å². The van der Waals surface area contributed by atoms with Crippen molar-refractivity contribution in [3.8, 4) is 0 Å². The Balaban J connectivity index is 2.06. The Hall–Kier alpha value is -2.32. The van der Waals surface area contributed by atoms with Crippen LogP contribution in [-0.4, -0.2) is 30.8 Å². The zero-order chi connectivity index (χ0) is 17.8. The largest absolute Gasteiger partial charge is 0.430 e. The summed E-state index contributed by atoms with van der Waals surface area (Å²) < 4.78 is 0. The van der Waals surface area contributed by atoms with E-state index in [1.165, 1.54) is 0 Å². The number of anilines is 1. The maximum atomic E-state index is 11.6. The Kier molecular flexibility index (Phi) is 9.25. The first-order chi connectivity index (χ1) is 11.5. The number of carbonyl (C=O) groups excluding carboxylic acids is 2. The molecule has 1 aromatic rings. The number of amides is 2. The molecule has 1 atom stereocenters. The van der Waals surface area contributed by atoms with Gasteiger partial charge in [0, 0.05) is 24.3 Å². The van der Waals surface area contributed by atoms with Crippen LogP contribution in [-0.2, 0) is 9.68 Å². The maximum absolute atomic E-state index is 11.6. The topological polar surface area (TPSA) is 101 Å². The molecule has 0 aliphatic heterocycles. The lowest BCUT2D eigenvalue weighted by atomic mass is 10.2. The molecule has 0 aromatic heterocycles. The molecule has 1 unspecified atom stereocenters. The van der Waals surface area contributed by atoms with Crippen LogP contribution in [0.1, 0.15) is 33.6 Å². The van der Waals surface area contributed by atoms with E-state index in [-0.39, 0.29) is 12.1 Å². The van der Waals surface area contributed by atoms with Crippen LogP contribution < -0.4 is 21.6 Å². The van der Waals surface area contributed by atoms with Gasteiger partial charge < -0.3 is 15.0 Å². The van der Waals surface area contributed by atoms with Gasteiger partial charge in [-0.2, -0.15) is 0 Å². The first kappa shape index (κ1) is 19.7. The van der Waals surface area contributed by atoms with Gasteiger partial charge in [-0.3, -0.25) is 5.32 Å². The Morgan fingerprint density at radius 3 is 2.33 bits per heavy atom. The number of hydrogen-bond donors (Lipinski definition) is 4. The van der Waals surface area contributed by atoms with Gasteiger partial charge in [-0.1, -0.05) is 18.2 Å². The molecule has 4 N–H and O–H groups in total. The summed E-state index contributed by atoms with van der Waals surface area (Å²) >= 11 is 0. The van der Waals surface area contributed by atoms with E-state index in [9.17, 15) is 9.59 Å². The normalized spacial score (nSPS) is 11.7. The highest BCUT2D eigenvalue weighted by atomic mass is 16.7. The number of hydroxylamine groups is 2. The lowest BCUT2D eigenvalue weighted by Crippen LogP contribution is -2.35. The summed E-state index contributed by atoms with van der Waals surface area (Å²) in [6.07, 6.45) is 0.350. The lowest BCUT2D eigenvalue weighted by molar-refractivity contribution is 0.0743. The minimum absolute atomic E-state index is 0.0434. The molecule has 0 saturated heterocycles. The van der Waals surface area contributed by atoms with E-state index in [1.54, 1.807) is 12.1 Å². The first-order valence-electron chi connectivity index (χ1n) is 7.96. The van der Waals surface area contributed by atoms with Crippen molar-refractivity contribution in [2.45, 2.75) is 45.7 Å². The number of nitrogens with one attached hydrogen (secondary N) is 4. The second kappa shape index (κ2) is 11.3. The number of hydrogen-bond acceptors (Lipinski definition) is 6. The van der Waals surface area contributed by atoms with Crippen molar-refractivity contribution in [3.05, 3.63) is 30.3 Å². The van der Waals surface area contributed by atoms with Gasteiger partial charge in [0.1, 0.15) is 0 Å². The lowest BCUT2D eigenvalue weighted by Gasteiger charge is -2.14. The molecule has 0 saturated carbocycles. The van der Waals surface area contributed by atoms with E-state index in [0.717, 1.165) is 6.42 Å². The second-order valence-electron chi connectivity index (χ2n) is 5.63. The van der Waals surface area contributed by atoms with E-state index in [0.29, 0.717) is 18.7 Å². The molecular weight excluding hydrogens is 312 g/mol. The minimum atomic E-state index is -0.575. The van der Waals surface area contributed by atoms with Gasteiger partial charge >= 0.3 is 12.2 Å². The molecule has 0 fully saturated rings. The summed E-state index contributed by atoms with van der Waals surface area (Å²) in [6, 6.07) is 9.06. The molecule has 0 aliphatic rings. The molecule has 0 aliphatic carbocycles. The van der Waals surface area contributed by atoms with E-state index in [2.05, 4.69) is 21.6 Å². The van der Waals surface area contributed by atoms with Crippen molar-refractivity contribution in [1.29, 1.82) is 0 Å². The van der Waals surface area contributed by atoms with Crippen LogP contribution in [0.5, 0.6) is 0 Å². The van der Waals surface area contributed by atoms with Gasteiger partial charge in [-0.15, -0.1) is 11.0 Å². The van der Waals surface area contributed by atoms with Crippen molar-refractivity contribution in [2.75, 3.05) is 11.9 Å². The van der Waals surface area contributed by atoms with Gasteiger partial charge in [-0.05, 0) is 45.7 Å². The quantitative estimate of drug-likeness (QED) is 0.408. The molecule has 0 heterocycles. The number of para-hydroxylation sites is 1. The van der Waals surface area contributed by atoms with Gasteiger partial charge in [0.2, 0.25) is 0 Å². The van der Waals surface area contributed by atoms with Crippen LogP contribution in [0.2, 0.25) is 0 Å². The van der Waals surface area contributed by atoms with Crippen LogP contribution in [0.4, 0.5) is 15.3 Å². The van der Waals surface area contributed by atoms with Crippen LogP contribution >= 0.6 is 0 Å². The van der Waals surface area contributed by atoms with Crippen LogP contribution in [0.15, 0.2) is 30.3 Å². The highest BCUT2D eigenvalue weighted by Gasteiger charge is 2.08. The molecule has 134 valence electrons. The Labute approximate surface area is 142 Å². The number of carbonyl (C=O) groups is 2. The monoisotopic (exact) mass is 338 g/mol. The molecule has 2 amide bonds. The van der Waals surface area contributed by atoms with Crippen molar-refractivity contribution >= 4 is 17.9 Å². The smallest absolute Gasteiger partial charge is 0.354 e. The Bertz CT molecular complexity index is 496. The fourth-order valence-corrected chi connectivity index (χ4v) is 1.68. The first-order valence-corrected chi connectivity index (χ1v) is 7.96. The second-order valence-corrected chi connectivity index (χ2v) is 5.63. The van der Waals surface area contributed by atoms with Crippen LogP contribution in [0, 0.1) is 0 Å². The third-order valence-electron chi connectivity index (χ3n) is 2.84. The van der Waals surface area contributed by atoms with E-state index in [1.807, 2.05) is 39.0 Å². The van der Waals surface area contributed by atoms with Gasteiger partial charge in [0.25, 0.3) is 0 Å². The highest BCUT2D eigenvalue weighted by Crippen LogP contribution is 2.05. The summed E-state index contributed by atoms with van der Waals surface area (Å²) in [5.41, 5.74) is 5.88. The summed E-state index contributed by atoms with van der Waals surface area (Å²) in [6.45, 7) is 6.10. The Morgan fingerprint density at radius 1 is 1.00 bits per heavy atom. The molecule has 0 bridgehead atoms. The summed E-state index contributed by atoms with van der Waals surface area (Å²) in [5, 5.41) is 5.22. The predicted octanol–water partition coefficient (Wildman–Crippen LogP) is 2.55. The number of benzene rings is 1. The molecule has 0 spiro atoms. The maximum Gasteiger partial charge on any atom is 0.430 e. The SMILES string of the molecule is CC(C)NOC(=O)NCCCC(C)NOC(=O)Nc1ccccc1. The van der Waals surface area contributed by atoms with Crippen molar-refractivity contribution in [2.24, 2.45) is 0 Å². The zero-order valence-electron chi connectivity index (χ0n) is 14.3. The van der Waals surface area contributed by atoms with E-state index in [4.69, 9.17) is 9.68 Å². The van der Waals surface area contributed by atoms with Crippen LogP contribution in [0.25, 0.3) is 0 Å². The van der Waals surface area contributed by atoms with Crippen molar-refractivity contribution < 1.29 is 19.3 Å². The van der Waals surface area contributed by atoms with Gasteiger partial charge in [0.15, 0.2) is 0 Å². The average Bonchev–Trinajstić information content (AvgIpc) is 2.56. The molecule has 0 radical (unpaired) electrons. The van der Waals surface area contributed by atoms with Gasteiger partial charge in [-0.25, -0.2) is 9.59 Å². The van der Waals surface area contributed by atoms with Crippen LogP contribution in [0.3, 0.4) is 0 Å². The standard InChI is InChI=1S/C16H26N4O4/c1-12(2)19-23-15(21)17-11-7-8-13(3)20-24-16(22)18-14-9-5-4-6-10-14/h4-6,9-10,12-13,19-20H,7-8,11H2,1-3H3,(H,17,21)(H,18,22). The molecule has 1 rings (SSSR count). The fraction of sp³-hybridized carbons (Fsp3) is 0.500. The summed E-state index contributed by atoms with van der Waals surface area (Å²) in [7, 11) is 0. The van der Waals surface area contributed by atoms with Gasteiger partial charge in [0.05, 0.1) is 0 Å². The van der Waals surface area contributed by atoms with Crippen molar-refractivity contribution in [3.63, 3.8) is 0 Å². The average molecular weight is 338 g/mol. The molecular formula is C16H26N4O4. The third kappa shape index (κ3) is 9.65. The zero-order valence-corrected chi connectivity index (χ0v) is 14.3. The molecule has 1 aromatic carbocycles. The minimum Gasteiger partial charge on any atom is -0.354 e. The Morgan fingerprint density at radius 2 is 1.67 bits per heavy atom. The summed E-state index contributed by atoms with van der Waals surface area (Å²) in [5.74, 6) is 0.